The van der Waals surface area contributed by atoms with E-state index < -0.39 is 42.2 Å². The van der Waals surface area contributed by atoms with Crippen molar-refractivity contribution in [2.45, 2.75) is 42.4 Å². The molecule has 1 saturated heterocycles. The Balaban J connectivity index is 2.36. The summed E-state index contributed by atoms with van der Waals surface area (Å²) in [6.45, 7) is 4.19. The van der Waals surface area contributed by atoms with Crippen molar-refractivity contribution in [2.24, 2.45) is 10.7 Å². The number of halogens is 1. The second-order valence-electron chi connectivity index (χ2n) is 6.83. The number of sulfone groups is 1. The summed E-state index contributed by atoms with van der Waals surface area (Å²) in [4.78, 5) is 14.7. The maximum absolute atomic E-state index is 14.6. The molecule has 0 amide bonds. The van der Waals surface area contributed by atoms with Gasteiger partial charge in [-0.15, -0.1) is 0 Å². The number of hydrogen-bond acceptors (Lipinski definition) is 7. The first-order valence-corrected chi connectivity index (χ1v) is 9.15. The van der Waals surface area contributed by atoms with Gasteiger partial charge in [0.2, 0.25) is 0 Å². The lowest BCUT2D eigenvalue weighted by Crippen LogP contribution is -2.61. The van der Waals surface area contributed by atoms with Gasteiger partial charge >= 0.3 is 0 Å². The number of nitrogens with zero attached hydrogens (tertiary/aromatic N) is 2. The zero-order valence-electron chi connectivity index (χ0n) is 13.9. The molecule has 1 aromatic rings. The van der Waals surface area contributed by atoms with Crippen LogP contribution in [0.15, 0.2) is 23.2 Å². The number of aliphatic imine (C=N–C) groups is 1. The van der Waals surface area contributed by atoms with Gasteiger partial charge < -0.3 is 10.5 Å². The highest BCUT2D eigenvalue weighted by atomic mass is 32.2. The van der Waals surface area contributed by atoms with Gasteiger partial charge in [0, 0.05) is 17.7 Å². The van der Waals surface area contributed by atoms with E-state index >= 15 is 0 Å². The Morgan fingerprint density at radius 2 is 2.08 bits per heavy atom. The molecular weight excluding hydrogens is 353 g/mol. The van der Waals surface area contributed by atoms with Gasteiger partial charge in [-0.3, -0.25) is 15.1 Å². The van der Waals surface area contributed by atoms with Gasteiger partial charge in [-0.05, 0) is 26.8 Å². The van der Waals surface area contributed by atoms with Crippen LogP contribution in [0.4, 0.5) is 10.1 Å². The first kappa shape index (κ1) is 17.7. The van der Waals surface area contributed by atoms with E-state index in [-0.39, 0.29) is 23.7 Å². The number of nitro benzene ring substituents is 1. The van der Waals surface area contributed by atoms with E-state index in [1.807, 2.05) is 0 Å². The largest absolute Gasteiger partial charge is 0.386 e. The topological polar surface area (TPSA) is 125 Å². The quantitative estimate of drug-likeness (QED) is 0.617. The molecule has 1 fully saturated rings. The summed E-state index contributed by atoms with van der Waals surface area (Å²) in [6.07, 6.45) is -0.764. The molecule has 2 aliphatic heterocycles. The molecule has 0 unspecified atom stereocenters. The van der Waals surface area contributed by atoms with Crippen molar-refractivity contribution in [2.75, 3.05) is 6.61 Å². The van der Waals surface area contributed by atoms with Gasteiger partial charge in [0.1, 0.15) is 27.2 Å². The molecule has 25 heavy (non-hydrogen) atoms. The van der Waals surface area contributed by atoms with E-state index in [0.717, 1.165) is 18.2 Å². The molecule has 0 radical (unpaired) electrons. The van der Waals surface area contributed by atoms with Gasteiger partial charge in [0.05, 0.1) is 17.6 Å². The minimum absolute atomic E-state index is 0.174. The molecular formula is C15H18FN3O5S. The first-order chi connectivity index (χ1) is 11.4. The number of non-ortho nitro benzene ring substituents is 1. The van der Waals surface area contributed by atoms with Crippen LogP contribution in [0.2, 0.25) is 0 Å². The molecule has 0 saturated carbocycles. The van der Waals surface area contributed by atoms with Crippen LogP contribution in [0, 0.1) is 15.9 Å². The van der Waals surface area contributed by atoms with E-state index in [2.05, 4.69) is 4.99 Å². The SMILES string of the molecule is C[C@H]1OC[C@]2(c3cc([N+](=O)[O-])ccc3F)N=C(N)C(C)(C)S(=O)(=O)[C@H]12. The van der Waals surface area contributed by atoms with Crippen LogP contribution in [-0.4, -0.2) is 41.9 Å². The number of hydrogen-bond donors (Lipinski definition) is 1. The Kier molecular flexibility index (Phi) is 3.70. The third kappa shape index (κ3) is 2.20. The molecule has 8 nitrogen and oxygen atoms in total. The highest BCUT2D eigenvalue weighted by Gasteiger charge is 2.64. The minimum Gasteiger partial charge on any atom is -0.386 e. The van der Waals surface area contributed by atoms with Crippen molar-refractivity contribution in [1.29, 1.82) is 0 Å². The standard InChI is InChI=1S/C15H18FN3O5S/c1-8-12-15(7-24-8,18-13(17)14(2,3)25(12,22)23)10-6-9(19(20)21)4-5-11(10)16/h4-6,8,12H,7H2,1-3H3,(H2,17,18)/t8-,12-,15-/m1/s1. The first-order valence-electron chi connectivity index (χ1n) is 7.60. The van der Waals surface area contributed by atoms with Crippen molar-refractivity contribution < 1.29 is 22.5 Å². The highest BCUT2D eigenvalue weighted by molar-refractivity contribution is 7.94. The van der Waals surface area contributed by atoms with Crippen molar-refractivity contribution in [1.82, 2.24) is 0 Å². The molecule has 2 aliphatic rings. The zero-order valence-corrected chi connectivity index (χ0v) is 14.7. The summed E-state index contributed by atoms with van der Waals surface area (Å²) in [5.41, 5.74) is 3.72. The monoisotopic (exact) mass is 371 g/mol. The van der Waals surface area contributed by atoms with Crippen LogP contribution >= 0.6 is 0 Å². The van der Waals surface area contributed by atoms with E-state index in [9.17, 15) is 22.9 Å². The Labute approximate surface area is 143 Å². The van der Waals surface area contributed by atoms with Crippen LogP contribution in [0.1, 0.15) is 26.3 Å². The third-order valence-electron chi connectivity index (χ3n) is 5.07. The summed E-state index contributed by atoms with van der Waals surface area (Å²) in [6, 6.07) is 2.95. The van der Waals surface area contributed by atoms with E-state index in [1.54, 1.807) is 6.92 Å². The summed E-state index contributed by atoms with van der Waals surface area (Å²) in [5.74, 6) is -0.966. The average molecular weight is 371 g/mol. The lowest BCUT2D eigenvalue weighted by molar-refractivity contribution is -0.385. The number of fused-ring (bicyclic) bond motifs is 1. The second-order valence-corrected chi connectivity index (χ2v) is 9.45. The number of amidine groups is 1. The van der Waals surface area contributed by atoms with E-state index in [0.29, 0.717) is 0 Å². The Bertz CT molecular complexity index is 898. The predicted molar refractivity (Wildman–Crippen MR) is 88.6 cm³/mol. The molecule has 2 N–H and O–H groups in total. The third-order valence-corrected chi connectivity index (χ3v) is 8.15. The van der Waals surface area contributed by atoms with Gasteiger partial charge in [-0.1, -0.05) is 0 Å². The number of ether oxygens (including phenoxy) is 1. The molecule has 0 spiro atoms. The van der Waals surface area contributed by atoms with E-state index in [1.165, 1.54) is 13.8 Å². The molecule has 1 aromatic carbocycles. The van der Waals surface area contributed by atoms with Gasteiger partial charge in [0.25, 0.3) is 5.69 Å². The Hall–Kier alpha value is -2.07. The summed E-state index contributed by atoms with van der Waals surface area (Å²) in [7, 11) is -3.91. The second kappa shape index (κ2) is 5.21. The molecule has 3 rings (SSSR count). The normalized spacial score (nSPS) is 32.7. The minimum atomic E-state index is -3.91. The highest BCUT2D eigenvalue weighted by Crippen LogP contribution is 2.49. The molecule has 0 bridgehead atoms. The number of nitro groups is 1. The average Bonchev–Trinajstić information content (AvgIpc) is 2.84. The zero-order chi connectivity index (χ0) is 18.8. The summed E-state index contributed by atoms with van der Waals surface area (Å²) >= 11 is 0. The van der Waals surface area contributed by atoms with Crippen LogP contribution < -0.4 is 5.73 Å². The maximum atomic E-state index is 14.6. The van der Waals surface area contributed by atoms with Crippen LogP contribution in [0.5, 0.6) is 0 Å². The Morgan fingerprint density at radius 3 is 2.68 bits per heavy atom. The maximum Gasteiger partial charge on any atom is 0.270 e. The molecule has 3 atom stereocenters. The summed E-state index contributed by atoms with van der Waals surface area (Å²) in [5, 5.41) is 9.87. The summed E-state index contributed by atoms with van der Waals surface area (Å²) < 4.78 is 44.9. The molecule has 0 aliphatic carbocycles. The smallest absolute Gasteiger partial charge is 0.270 e. The fourth-order valence-corrected chi connectivity index (χ4v) is 5.80. The van der Waals surface area contributed by atoms with Crippen molar-refractivity contribution in [3.05, 3.63) is 39.7 Å². The van der Waals surface area contributed by atoms with E-state index in [4.69, 9.17) is 10.5 Å². The van der Waals surface area contributed by atoms with Crippen LogP contribution in [-0.2, 0) is 20.1 Å². The predicted octanol–water partition coefficient (Wildman–Crippen LogP) is 1.28. The molecule has 2 heterocycles. The lowest BCUT2D eigenvalue weighted by Gasteiger charge is -2.42. The number of benzene rings is 1. The van der Waals surface area contributed by atoms with Gasteiger partial charge in [-0.2, -0.15) is 0 Å². The fourth-order valence-electron chi connectivity index (χ4n) is 3.48. The van der Waals surface area contributed by atoms with Crippen LogP contribution in [0.25, 0.3) is 0 Å². The fraction of sp³-hybridized carbons (Fsp3) is 0.533. The van der Waals surface area contributed by atoms with Gasteiger partial charge in [0.15, 0.2) is 9.84 Å². The lowest BCUT2D eigenvalue weighted by atomic mass is 9.86. The van der Waals surface area contributed by atoms with Crippen LogP contribution in [0.3, 0.4) is 0 Å². The van der Waals surface area contributed by atoms with Crippen molar-refractivity contribution in [3.8, 4) is 0 Å². The number of rotatable bonds is 2. The number of nitrogens with two attached hydrogens (primary N) is 1. The van der Waals surface area contributed by atoms with Crippen molar-refractivity contribution >= 4 is 21.4 Å². The van der Waals surface area contributed by atoms with Gasteiger partial charge in [-0.25, -0.2) is 12.8 Å². The molecule has 0 aromatic heterocycles. The molecule has 10 heteroatoms. The van der Waals surface area contributed by atoms with Crippen molar-refractivity contribution in [3.63, 3.8) is 0 Å². The molecule has 136 valence electrons. The Morgan fingerprint density at radius 1 is 1.44 bits per heavy atom.